The average Bonchev–Trinajstić information content (AvgIpc) is 3.08. The Morgan fingerprint density at radius 1 is 1.29 bits per heavy atom. The van der Waals surface area contributed by atoms with E-state index in [4.69, 9.17) is 4.42 Å². The van der Waals surface area contributed by atoms with Gasteiger partial charge < -0.3 is 14.8 Å². The Morgan fingerprint density at radius 3 is 2.75 bits per heavy atom. The van der Waals surface area contributed by atoms with Gasteiger partial charge in [-0.15, -0.1) is 0 Å². The average molecular weight is 331 g/mol. The van der Waals surface area contributed by atoms with Crippen LogP contribution in [0.5, 0.6) is 5.75 Å². The Kier molecular flexibility index (Phi) is 5.24. The largest absolute Gasteiger partial charge is 0.867 e. The van der Waals surface area contributed by atoms with Gasteiger partial charge >= 0.3 is 0 Å². The van der Waals surface area contributed by atoms with Gasteiger partial charge in [0, 0.05) is 6.07 Å². The number of furan rings is 1. The van der Waals surface area contributed by atoms with E-state index in [1.54, 1.807) is 0 Å². The zero-order valence-electron chi connectivity index (χ0n) is 12.1. The smallest absolute Gasteiger partial charge is 0.287 e. The van der Waals surface area contributed by atoms with Gasteiger partial charge in [0.1, 0.15) is 0 Å². The molecule has 1 heterocycles. The summed E-state index contributed by atoms with van der Waals surface area (Å²) in [4.78, 5) is 32.9. The van der Waals surface area contributed by atoms with E-state index < -0.39 is 28.2 Å². The number of hydrogen-bond donors (Lipinski definition) is 2. The van der Waals surface area contributed by atoms with Crippen molar-refractivity contribution in [1.82, 2.24) is 10.7 Å². The van der Waals surface area contributed by atoms with Crippen molar-refractivity contribution in [2.24, 2.45) is 5.10 Å². The molecule has 2 amide bonds. The number of hydrazone groups is 1. The van der Waals surface area contributed by atoms with Gasteiger partial charge in [-0.1, -0.05) is 12.1 Å². The molecule has 0 unspecified atom stereocenters. The van der Waals surface area contributed by atoms with E-state index in [1.165, 1.54) is 30.5 Å². The molecule has 0 bridgehead atoms. The molecule has 0 spiro atoms. The fraction of sp³-hybridized carbons (Fsp3) is 0.0714. The highest BCUT2D eigenvalue weighted by atomic mass is 16.6. The van der Waals surface area contributed by atoms with E-state index in [2.05, 4.69) is 15.8 Å². The van der Waals surface area contributed by atoms with E-state index in [0.29, 0.717) is 0 Å². The number of nitrogens with one attached hydrogen (secondary N) is 2. The van der Waals surface area contributed by atoms with Crippen LogP contribution in [0.2, 0.25) is 0 Å². The Labute approximate surface area is 134 Å². The number of para-hydroxylation sites is 1. The van der Waals surface area contributed by atoms with Gasteiger partial charge in [0.2, 0.25) is 0 Å². The van der Waals surface area contributed by atoms with Crippen LogP contribution in [-0.2, 0) is 4.79 Å². The quantitative estimate of drug-likeness (QED) is 0.436. The van der Waals surface area contributed by atoms with Gasteiger partial charge in [0.25, 0.3) is 17.5 Å². The molecular formula is C14H11N4O6-. The molecule has 0 radical (unpaired) electrons. The SMILES string of the molecule is O=C(CNC(=O)c1ccco1)N/N=C\c1cccc([N+](=O)[O-])c1[O-]. The minimum absolute atomic E-state index is 0.0517. The van der Waals surface area contributed by atoms with Gasteiger partial charge in [0.05, 0.1) is 23.9 Å². The van der Waals surface area contributed by atoms with E-state index >= 15 is 0 Å². The molecule has 0 fully saturated rings. The minimum Gasteiger partial charge on any atom is -0.867 e. The first-order chi connectivity index (χ1) is 11.5. The van der Waals surface area contributed by atoms with Crippen LogP contribution in [0.1, 0.15) is 16.1 Å². The molecule has 2 aromatic rings. The number of amides is 2. The van der Waals surface area contributed by atoms with Crippen LogP contribution in [0.3, 0.4) is 0 Å². The van der Waals surface area contributed by atoms with Crippen LogP contribution in [0.15, 0.2) is 46.1 Å². The van der Waals surface area contributed by atoms with Crippen molar-refractivity contribution in [2.75, 3.05) is 6.54 Å². The van der Waals surface area contributed by atoms with E-state index in [-0.39, 0.29) is 17.9 Å². The molecule has 1 aromatic carbocycles. The number of nitrogens with zero attached hydrogens (tertiary/aromatic N) is 2. The lowest BCUT2D eigenvalue weighted by atomic mass is 10.2. The number of rotatable bonds is 6. The molecule has 0 aliphatic heterocycles. The highest BCUT2D eigenvalue weighted by Crippen LogP contribution is 2.24. The van der Waals surface area contributed by atoms with Crippen molar-refractivity contribution in [2.45, 2.75) is 0 Å². The number of carbonyl (C=O) groups is 2. The summed E-state index contributed by atoms with van der Waals surface area (Å²) in [6.07, 6.45) is 2.31. The molecule has 10 nitrogen and oxygen atoms in total. The summed E-state index contributed by atoms with van der Waals surface area (Å²) in [5, 5.41) is 28.2. The second kappa shape index (κ2) is 7.54. The molecule has 0 saturated heterocycles. The highest BCUT2D eigenvalue weighted by Gasteiger charge is 2.10. The number of hydrogen-bond acceptors (Lipinski definition) is 7. The number of nitro groups is 1. The molecule has 0 aliphatic carbocycles. The zero-order chi connectivity index (χ0) is 17.5. The molecular weight excluding hydrogens is 320 g/mol. The first kappa shape index (κ1) is 16.7. The third-order valence-electron chi connectivity index (χ3n) is 2.77. The van der Waals surface area contributed by atoms with Gasteiger partial charge in [-0.3, -0.25) is 19.7 Å². The summed E-state index contributed by atoms with van der Waals surface area (Å²) in [6, 6.07) is 6.68. The number of nitro benzene ring substituents is 1. The lowest BCUT2D eigenvalue weighted by molar-refractivity contribution is -0.398. The first-order valence-corrected chi connectivity index (χ1v) is 6.57. The maximum Gasteiger partial charge on any atom is 0.287 e. The normalized spacial score (nSPS) is 10.5. The first-order valence-electron chi connectivity index (χ1n) is 6.57. The summed E-state index contributed by atoms with van der Waals surface area (Å²) in [5.74, 6) is -1.98. The van der Waals surface area contributed by atoms with Crippen molar-refractivity contribution in [3.8, 4) is 5.75 Å². The third kappa shape index (κ3) is 4.16. The van der Waals surface area contributed by atoms with Crippen LogP contribution in [0.25, 0.3) is 0 Å². The maximum absolute atomic E-state index is 11.7. The second-order valence-corrected chi connectivity index (χ2v) is 4.41. The third-order valence-corrected chi connectivity index (χ3v) is 2.77. The molecule has 2 N–H and O–H groups in total. The summed E-state index contributed by atoms with van der Waals surface area (Å²) in [5.41, 5.74) is 1.45. The standard InChI is InChI=1S/C14H12N4O6/c19-12(8-15-14(21)11-5-2-6-24-11)17-16-7-9-3-1-4-10(13(9)20)18(22)23/h1-7,20H,8H2,(H,15,21)(H,17,19)/p-1/b16-7-. The topological polar surface area (TPSA) is 150 Å². The van der Waals surface area contributed by atoms with Crippen LogP contribution in [0, 0.1) is 10.1 Å². The fourth-order valence-electron chi connectivity index (χ4n) is 1.66. The van der Waals surface area contributed by atoms with E-state index in [0.717, 1.165) is 12.3 Å². The Morgan fingerprint density at radius 2 is 2.08 bits per heavy atom. The van der Waals surface area contributed by atoms with E-state index in [9.17, 15) is 24.8 Å². The van der Waals surface area contributed by atoms with Gasteiger partial charge in [-0.25, -0.2) is 5.43 Å². The van der Waals surface area contributed by atoms with Crippen molar-refractivity contribution >= 4 is 23.7 Å². The fourth-order valence-corrected chi connectivity index (χ4v) is 1.66. The summed E-state index contributed by atoms with van der Waals surface area (Å²) < 4.78 is 4.85. The van der Waals surface area contributed by atoms with Crippen LogP contribution in [0.4, 0.5) is 5.69 Å². The van der Waals surface area contributed by atoms with Crippen molar-refractivity contribution in [3.05, 3.63) is 58.0 Å². The second-order valence-electron chi connectivity index (χ2n) is 4.41. The van der Waals surface area contributed by atoms with Crippen LogP contribution >= 0.6 is 0 Å². The summed E-state index contributed by atoms with van der Waals surface area (Å²) >= 11 is 0. The summed E-state index contributed by atoms with van der Waals surface area (Å²) in [6.45, 7) is -0.365. The minimum atomic E-state index is -0.813. The Balaban J connectivity index is 1.88. The Hall–Kier alpha value is -3.69. The molecule has 2 rings (SSSR count). The lowest BCUT2D eigenvalue weighted by Gasteiger charge is -2.09. The predicted octanol–water partition coefficient (Wildman–Crippen LogP) is 0.141. The predicted molar refractivity (Wildman–Crippen MR) is 79.3 cm³/mol. The summed E-state index contributed by atoms with van der Waals surface area (Å²) in [7, 11) is 0. The molecule has 124 valence electrons. The molecule has 10 heteroatoms. The zero-order valence-corrected chi connectivity index (χ0v) is 12.1. The molecule has 1 aromatic heterocycles. The van der Waals surface area contributed by atoms with Crippen molar-refractivity contribution in [3.63, 3.8) is 0 Å². The monoisotopic (exact) mass is 331 g/mol. The van der Waals surface area contributed by atoms with Crippen LogP contribution < -0.4 is 15.8 Å². The van der Waals surface area contributed by atoms with Crippen molar-refractivity contribution < 1.29 is 24.0 Å². The molecule has 0 atom stereocenters. The Bertz CT molecular complexity index is 785. The molecule has 0 saturated carbocycles. The number of benzene rings is 1. The van der Waals surface area contributed by atoms with E-state index in [1.807, 2.05) is 0 Å². The van der Waals surface area contributed by atoms with Crippen molar-refractivity contribution in [1.29, 1.82) is 0 Å². The maximum atomic E-state index is 11.7. The van der Waals surface area contributed by atoms with Gasteiger partial charge in [-0.2, -0.15) is 5.10 Å². The highest BCUT2D eigenvalue weighted by molar-refractivity contribution is 5.94. The lowest BCUT2D eigenvalue weighted by Crippen LogP contribution is -2.34. The van der Waals surface area contributed by atoms with Gasteiger partial charge in [0.15, 0.2) is 5.76 Å². The number of carbonyl (C=O) groups excluding carboxylic acids is 2. The van der Waals surface area contributed by atoms with Crippen LogP contribution in [-0.4, -0.2) is 29.5 Å². The molecule has 0 aliphatic rings. The van der Waals surface area contributed by atoms with Gasteiger partial charge in [-0.05, 0) is 23.4 Å². The molecule has 24 heavy (non-hydrogen) atoms.